The molecule has 4 nitrogen and oxygen atoms in total. The molecule has 3 rings (SSSR count). The van der Waals surface area contributed by atoms with Crippen molar-refractivity contribution in [2.45, 2.75) is 12.8 Å². The van der Waals surface area contributed by atoms with Gasteiger partial charge < -0.3 is 5.32 Å². The van der Waals surface area contributed by atoms with E-state index < -0.39 is 0 Å². The quantitative estimate of drug-likeness (QED) is 0.718. The zero-order chi connectivity index (χ0) is 16.9. The van der Waals surface area contributed by atoms with Crippen LogP contribution >= 0.6 is 15.9 Å². The van der Waals surface area contributed by atoms with Gasteiger partial charge in [0.2, 0.25) is 0 Å². The van der Waals surface area contributed by atoms with E-state index in [1.54, 1.807) is 17.1 Å². The van der Waals surface area contributed by atoms with Gasteiger partial charge in [-0.15, -0.1) is 0 Å². The zero-order valence-corrected chi connectivity index (χ0v) is 14.9. The van der Waals surface area contributed by atoms with E-state index in [-0.39, 0.29) is 11.8 Å². The maximum Gasteiger partial charge on any atom is 0.254 e. The molecule has 0 aliphatic carbocycles. The zero-order valence-electron chi connectivity index (χ0n) is 13.3. The van der Waals surface area contributed by atoms with E-state index in [2.05, 4.69) is 45.4 Å². The smallest absolute Gasteiger partial charge is 0.254 e. The van der Waals surface area contributed by atoms with Gasteiger partial charge in [-0.2, -0.15) is 5.10 Å². The van der Waals surface area contributed by atoms with Crippen LogP contribution < -0.4 is 5.32 Å². The van der Waals surface area contributed by atoms with Gasteiger partial charge in [0.25, 0.3) is 5.91 Å². The Morgan fingerprint density at radius 3 is 2.58 bits per heavy atom. The largest absolute Gasteiger partial charge is 0.351 e. The average Bonchev–Trinajstić information content (AvgIpc) is 3.11. The van der Waals surface area contributed by atoms with Gasteiger partial charge >= 0.3 is 0 Å². The minimum absolute atomic E-state index is 0.110. The standard InChI is InChI=1S/C19H18BrN3O/c1-14(15-5-3-2-4-6-15)11-21-19(24)16-12-22-23(13-16)18-9-7-17(20)8-10-18/h2-10,12-14H,11H2,1H3,(H,21,24)/t14-/m0/s1. The highest BCUT2D eigenvalue weighted by Gasteiger charge is 2.11. The second-order valence-electron chi connectivity index (χ2n) is 5.67. The van der Waals surface area contributed by atoms with Crippen LogP contribution in [-0.2, 0) is 0 Å². The van der Waals surface area contributed by atoms with Crippen LogP contribution in [0.15, 0.2) is 71.5 Å². The molecule has 0 radical (unpaired) electrons. The van der Waals surface area contributed by atoms with Crippen LogP contribution in [0.4, 0.5) is 0 Å². The van der Waals surface area contributed by atoms with Crippen molar-refractivity contribution in [3.8, 4) is 5.69 Å². The molecule has 5 heteroatoms. The molecule has 0 aliphatic heterocycles. The summed E-state index contributed by atoms with van der Waals surface area (Å²) in [6, 6.07) is 17.9. The lowest BCUT2D eigenvalue weighted by Crippen LogP contribution is -2.27. The highest BCUT2D eigenvalue weighted by molar-refractivity contribution is 9.10. The molecule has 1 aromatic heterocycles. The molecule has 1 atom stereocenters. The van der Waals surface area contributed by atoms with Gasteiger partial charge in [-0.3, -0.25) is 4.79 Å². The molecule has 0 saturated heterocycles. The van der Waals surface area contributed by atoms with Crippen molar-refractivity contribution in [3.63, 3.8) is 0 Å². The number of hydrogen-bond acceptors (Lipinski definition) is 2. The predicted molar refractivity (Wildman–Crippen MR) is 98.5 cm³/mol. The van der Waals surface area contributed by atoms with Gasteiger partial charge in [0.15, 0.2) is 0 Å². The highest BCUT2D eigenvalue weighted by Crippen LogP contribution is 2.15. The first kappa shape index (κ1) is 16.5. The molecule has 1 heterocycles. The van der Waals surface area contributed by atoms with Gasteiger partial charge in [0, 0.05) is 17.2 Å². The summed E-state index contributed by atoms with van der Waals surface area (Å²) in [6.45, 7) is 2.69. The van der Waals surface area contributed by atoms with Gasteiger partial charge in [-0.05, 0) is 35.7 Å². The summed E-state index contributed by atoms with van der Waals surface area (Å²) in [7, 11) is 0. The van der Waals surface area contributed by atoms with Gasteiger partial charge in [-0.1, -0.05) is 53.2 Å². The van der Waals surface area contributed by atoms with Crippen LogP contribution in [0.3, 0.4) is 0 Å². The fourth-order valence-electron chi connectivity index (χ4n) is 2.42. The van der Waals surface area contributed by atoms with Crippen molar-refractivity contribution >= 4 is 21.8 Å². The van der Waals surface area contributed by atoms with E-state index in [0.717, 1.165) is 10.2 Å². The van der Waals surface area contributed by atoms with Crippen molar-refractivity contribution in [2.24, 2.45) is 0 Å². The summed E-state index contributed by atoms with van der Waals surface area (Å²) in [5, 5.41) is 7.23. The summed E-state index contributed by atoms with van der Waals surface area (Å²) in [4.78, 5) is 12.3. The van der Waals surface area contributed by atoms with Crippen LogP contribution in [0.5, 0.6) is 0 Å². The number of amides is 1. The summed E-state index contributed by atoms with van der Waals surface area (Å²) in [5.74, 6) is 0.151. The normalized spacial score (nSPS) is 11.9. The third-order valence-electron chi connectivity index (χ3n) is 3.87. The minimum Gasteiger partial charge on any atom is -0.351 e. The van der Waals surface area contributed by atoms with Crippen LogP contribution in [0.25, 0.3) is 5.69 Å². The van der Waals surface area contributed by atoms with Gasteiger partial charge in [0.05, 0.1) is 17.4 Å². The Morgan fingerprint density at radius 1 is 1.17 bits per heavy atom. The Hall–Kier alpha value is -2.40. The molecule has 2 aromatic carbocycles. The average molecular weight is 384 g/mol. The minimum atomic E-state index is -0.110. The Bertz CT molecular complexity index is 812. The molecule has 24 heavy (non-hydrogen) atoms. The van der Waals surface area contributed by atoms with E-state index in [4.69, 9.17) is 0 Å². The maximum absolute atomic E-state index is 12.3. The number of nitrogens with one attached hydrogen (secondary N) is 1. The molecule has 1 amide bonds. The fourth-order valence-corrected chi connectivity index (χ4v) is 2.69. The van der Waals surface area contributed by atoms with Crippen molar-refractivity contribution < 1.29 is 4.79 Å². The van der Waals surface area contributed by atoms with Gasteiger partial charge in [-0.25, -0.2) is 4.68 Å². The van der Waals surface area contributed by atoms with Crippen molar-refractivity contribution in [2.75, 3.05) is 6.54 Å². The monoisotopic (exact) mass is 383 g/mol. The Labute approximate surface area is 149 Å². The molecule has 1 N–H and O–H groups in total. The maximum atomic E-state index is 12.3. The second-order valence-corrected chi connectivity index (χ2v) is 6.59. The van der Waals surface area contributed by atoms with Crippen LogP contribution in [0.1, 0.15) is 28.8 Å². The number of halogens is 1. The fraction of sp³-hybridized carbons (Fsp3) is 0.158. The van der Waals surface area contributed by atoms with Crippen LogP contribution in [-0.4, -0.2) is 22.2 Å². The molecule has 0 fully saturated rings. The Kier molecular flexibility index (Phi) is 5.11. The topological polar surface area (TPSA) is 46.9 Å². The molecule has 0 aliphatic rings. The van der Waals surface area contributed by atoms with Gasteiger partial charge in [0.1, 0.15) is 0 Å². The van der Waals surface area contributed by atoms with Crippen molar-refractivity contribution in [1.82, 2.24) is 15.1 Å². The molecule has 3 aromatic rings. The first-order valence-corrected chi connectivity index (χ1v) is 8.56. The number of carbonyl (C=O) groups is 1. The molecule has 122 valence electrons. The van der Waals surface area contributed by atoms with Crippen molar-refractivity contribution in [1.29, 1.82) is 0 Å². The van der Waals surface area contributed by atoms with E-state index >= 15 is 0 Å². The molecule has 0 unspecified atom stereocenters. The summed E-state index contributed by atoms with van der Waals surface area (Å²) in [6.07, 6.45) is 3.33. The van der Waals surface area contributed by atoms with E-state index in [0.29, 0.717) is 12.1 Å². The van der Waals surface area contributed by atoms with E-state index in [9.17, 15) is 4.79 Å². The lowest BCUT2D eigenvalue weighted by Gasteiger charge is -2.12. The van der Waals surface area contributed by atoms with E-state index in [1.165, 1.54) is 5.56 Å². The molecule has 0 spiro atoms. The summed E-state index contributed by atoms with van der Waals surface area (Å²) >= 11 is 3.41. The molecular weight excluding hydrogens is 366 g/mol. The third-order valence-corrected chi connectivity index (χ3v) is 4.40. The van der Waals surface area contributed by atoms with Crippen LogP contribution in [0, 0.1) is 0 Å². The molecule has 0 bridgehead atoms. The molecule has 0 saturated carbocycles. The second kappa shape index (κ2) is 7.45. The van der Waals surface area contributed by atoms with Crippen molar-refractivity contribution in [3.05, 3.63) is 82.6 Å². The Morgan fingerprint density at radius 2 is 1.88 bits per heavy atom. The number of nitrogens with zero attached hydrogens (tertiary/aromatic N) is 2. The van der Waals surface area contributed by atoms with E-state index in [1.807, 2.05) is 42.5 Å². The Balaban J connectivity index is 1.63. The number of aromatic nitrogens is 2. The lowest BCUT2D eigenvalue weighted by molar-refractivity contribution is 0.0951. The number of benzene rings is 2. The first-order valence-electron chi connectivity index (χ1n) is 7.77. The summed E-state index contributed by atoms with van der Waals surface area (Å²) in [5.41, 5.74) is 2.68. The SMILES string of the molecule is C[C@@H](CNC(=O)c1cnn(-c2ccc(Br)cc2)c1)c1ccccc1. The van der Waals surface area contributed by atoms with Crippen LogP contribution in [0.2, 0.25) is 0 Å². The lowest BCUT2D eigenvalue weighted by atomic mass is 10.0. The molecular formula is C19H18BrN3O. The number of hydrogen-bond donors (Lipinski definition) is 1. The first-order chi connectivity index (χ1) is 11.6. The third kappa shape index (κ3) is 3.92. The number of carbonyl (C=O) groups excluding carboxylic acids is 1. The summed E-state index contributed by atoms with van der Waals surface area (Å²) < 4.78 is 2.70. The highest BCUT2D eigenvalue weighted by atomic mass is 79.9. The number of rotatable bonds is 5. The predicted octanol–water partition coefficient (Wildman–Crippen LogP) is 4.17.